The largest absolute Gasteiger partial charge is 0.372 e. The smallest absolute Gasteiger partial charge is 0.281 e. The van der Waals surface area contributed by atoms with E-state index in [4.69, 9.17) is 0 Å². The second-order valence-electron chi connectivity index (χ2n) is 6.85. The van der Waals surface area contributed by atoms with Crippen molar-refractivity contribution in [1.82, 2.24) is 10.4 Å². The van der Waals surface area contributed by atoms with Gasteiger partial charge in [0.2, 0.25) is 0 Å². The molecule has 0 aliphatic carbocycles. The Morgan fingerprint density at radius 3 is 2.10 bits per heavy atom. The van der Waals surface area contributed by atoms with Crippen molar-refractivity contribution in [2.24, 2.45) is 5.10 Å². The molecule has 4 rings (SSSR count). The van der Waals surface area contributed by atoms with Gasteiger partial charge in [-0.1, -0.05) is 78.9 Å². The Morgan fingerprint density at radius 1 is 0.931 bits per heavy atom. The van der Waals surface area contributed by atoms with Gasteiger partial charge >= 0.3 is 0 Å². The Morgan fingerprint density at radius 2 is 1.48 bits per heavy atom. The average Bonchev–Trinajstić information content (AvgIpc) is 3.09. The average molecular weight is 383 g/mol. The molecule has 5 nitrogen and oxygen atoms in total. The van der Waals surface area contributed by atoms with Crippen LogP contribution in [-0.2, 0) is 10.4 Å². The van der Waals surface area contributed by atoms with Crippen LogP contribution in [-0.4, -0.2) is 22.2 Å². The van der Waals surface area contributed by atoms with Crippen molar-refractivity contribution >= 4 is 23.0 Å². The molecule has 1 aromatic heterocycles. The number of amides is 1. The fourth-order valence-corrected chi connectivity index (χ4v) is 3.49. The van der Waals surface area contributed by atoms with Gasteiger partial charge in [-0.3, -0.25) is 4.79 Å². The lowest BCUT2D eigenvalue weighted by molar-refractivity contribution is -0.136. The fourth-order valence-electron chi connectivity index (χ4n) is 3.49. The molecule has 0 aliphatic rings. The van der Waals surface area contributed by atoms with E-state index in [1.54, 1.807) is 54.7 Å². The topological polar surface area (TPSA) is 77.5 Å². The van der Waals surface area contributed by atoms with Gasteiger partial charge in [0.25, 0.3) is 5.91 Å². The van der Waals surface area contributed by atoms with E-state index in [-0.39, 0.29) is 0 Å². The van der Waals surface area contributed by atoms with Gasteiger partial charge in [-0.15, -0.1) is 0 Å². The number of rotatable bonds is 5. The zero-order valence-electron chi connectivity index (χ0n) is 16.0. The van der Waals surface area contributed by atoms with Crippen molar-refractivity contribution in [3.05, 3.63) is 107 Å². The predicted molar refractivity (Wildman–Crippen MR) is 115 cm³/mol. The van der Waals surface area contributed by atoms with Crippen molar-refractivity contribution in [2.75, 3.05) is 0 Å². The highest BCUT2D eigenvalue weighted by atomic mass is 16.3. The monoisotopic (exact) mass is 383 g/mol. The fraction of sp³-hybridized carbons (Fsp3) is 0.0833. The summed E-state index contributed by atoms with van der Waals surface area (Å²) >= 11 is 0. The molecule has 0 fully saturated rings. The van der Waals surface area contributed by atoms with Gasteiger partial charge < -0.3 is 10.1 Å². The highest BCUT2D eigenvalue weighted by Crippen LogP contribution is 2.30. The number of aromatic amines is 1. The normalized spacial score (nSPS) is 11.8. The molecule has 0 radical (unpaired) electrons. The first-order valence-electron chi connectivity index (χ1n) is 9.35. The van der Waals surface area contributed by atoms with Crippen LogP contribution in [0.25, 0.3) is 10.9 Å². The molecule has 3 aromatic carbocycles. The first kappa shape index (κ1) is 18.7. The van der Waals surface area contributed by atoms with Crippen LogP contribution in [0.15, 0.2) is 90.0 Å². The van der Waals surface area contributed by atoms with E-state index in [0.717, 1.165) is 22.2 Å². The lowest BCUT2D eigenvalue weighted by Crippen LogP contribution is -2.43. The summed E-state index contributed by atoms with van der Waals surface area (Å²) in [5.41, 5.74) is 4.46. The summed E-state index contributed by atoms with van der Waals surface area (Å²) in [6, 6.07) is 25.6. The summed E-state index contributed by atoms with van der Waals surface area (Å²) in [5, 5.41) is 16.6. The molecule has 3 N–H and O–H groups in total. The minimum Gasteiger partial charge on any atom is -0.372 e. The quantitative estimate of drug-likeness (QED) is 0.361. The number of aromatic nitrogens is 1. The number of hydrogen-bond donors (Lipinski definition) is 3. The number of aliphatic hydroxyl groups is 1. The number of benzene rings is 3. The molecule has 0 unspecified atom stereocenters. The summed E-state index contributed by atoms with van der Waals surface area (Å²) in [6.07, 6.45) is 1.60. The van der Waals surface area contributed by atoms with Crippen LogP contribution in [0.5, 0.6) is 0 Å². The molecule has 4 aromatic rings. The second kappa shape index (κ2) is 7.73. The van der Waals surface area contributed by atoms with Gasteiger partial charge in [0.15, 0.2) is 5.60 Å². The third-order valence-corrected chi connectivity index (χ3v) is 5.01. The minimum absolute atomic E-state index is 0.474. The van der Waals surface area contributed by atoms with E-state index in [9.17, 15) is 9.90 Å². The molecule has 1 heterocycles. The third-order valence-electron chi connectivity index (χ3n) is 5.01. The number of hydrazone groups is 1. The molecule has 0 aliphatic heterocycles. The predicted octanol–water partition coefficient (Wildman–Crippen LogP) is 3.86. The van der Waals surface area contributed by atoms with Crippen molar-refractivity contribution in [1.29, 1.82) is 0 Å². The van der Waals surface area contributed by atoms with Crippen molar-refractivity contribution in [3.63, 3.8) is 0 Å². The minimum atomic E-state index is -1.85. The lowest BCUT2D eigenvalue weighted by atomic mass is 9.85. The van der Waals surface area contributed by atoms with Crippen LogP contribution >= 0.6 is 0 Å². The van der Waals surface area contributed by atoms with E-state index >= 15 is 0 Å². The maximum absolute atomic E-state index is 13.1. The third kappa shape index (κ3) is 3.44. The number of nitrogens with zero attached hydrogens (tertiary/aromatic N) is 1. The van der Waals surface area contributed by atoms with Crippen molar-refractivity contribution in [3.8, 4) is 0 Å². The van der Waals surface area contributed by atoms with Gasteiger partial charge in [0, 0.05) is 22.2 Å². The highest BCUT2D eigenvalue weighted by Gasteiger charge is 2.39. The SMILES string of the molecule is Cc1[nH]c2ccccc2c1/C=N\NC(=O)C(O)(c1ccccc1)c1ccccc1. The van der Waals surface area contributed by atoms with Gasteiger partial charge in [-0.05, 0) is 24.1 Å². The second-order valence-corrected chi connectivity index (χ2v) is 6.85. The zero-order valence-corrected chi connectivity index (χ0v) is 16.0. The van der Waals surface area contributed by atoms with Gasteiger partial charge in [0.05, 0.1) is 6.21 Å². The van der Waals surface area contributed by atoms with E-state index < -0.39 is 11.5 Å². The Hall–Kier alpha value is -3.70. The molecular formula is C24H21N3O2. The lowest BCUT2D eigenvalue weighted by Gasteiger charge is -2.27. The molecule has 5 heteroatoms. The van der Waals surface area contributed by atoms with E-state index in [2.05, 4.69) is 15.5 Å². The number of aryl methyl sites for hydroxylation is 1. The molecular weight excluding hydrogens is 362 g/mol. The Balaban J connectivity index is 1.66. The van der Waals surface area contributed by atoms with Crippen LogP contribution in [0.4, 0.5) is 0 Å². The van der Waals surface area contributed by atoms with Gasteiger partial charge in [-0.25, -0.2) is 5.43 Å². The number of H-pyrrole nitrogens is 1. The van der Waals surface area contributed by atoms with E-state index in [1.165, 1.54) is 0 Å². The molecule has 0 saturated carbocycles. The van der Waals surface area contributed by atoms with Crippen LogP contribution in [0.3, 0.4) is 0 Å². The van der Waals surface area contributed by atoms with Gasteiger partial charge in [0.1, 0.15) is 0 Å². The molecule has 0 spiro atoms. The van der Waals surface area contributed by atoms with Crippen LogP contribution < -0.4 is 5.43 Å². The number of nitrogens with one attached hydrogen (secondary N) is 2. The molecule has 0 atom stereocenters. The highest BCUT2D eigenvalue weighted by molar-refractivity contribution is 6.01. The van der Waals surface area contributed by atoms with E-state index in [0.29, 0.717) is 11.1 Å². The first-order valence-corrected chi connectivity index (χ1v) is 9.35. The number of carbonyl (C=O) groups excluding carboxylic acids is 1. The molecule has 0 saturated heterocycles. The van der Waals surface area contributed by atoms with Crippen LogP contribution in [0, 0.1) is 6.92 Å². The Labute approximate surface area is 168 Å². The summed E-state index contributed by atoms with van der Waals surface area (Å²) in [5.74, 6) is -0.622. The van der Waals surface area contributed by atoms with Crippen LogP contribution in [0.1, 0.15) is 22.4 Å². The Kier molecular flexibility index (Phi) is 4.97. The summed E-state index contributed by atoms with van der Waals surface area (Å²) < 4.78 is 0. The first-order chi connectivity index (χ1) is 14.1. The summed E-state index contributed by atoms with van der Waals surface area (Å²) in [6.45, 7) is 1.95. The van der Waals surface area contributed by atoms with Crippen LogP contribution in [0.2, 0.25) is 0 Å². The Bertz CT molecular complexity index is 1130. The number of para-hydroxylation sites is 1. The number of hydrogen-bond acceptors (Lipinski definition) is 3. The summed E-state index contributed by atoms with van der Waals surface area (Å²) in [7, 11) is 0. The maximum Gasteiger partial charge on any atom is 0.281 e. The molecule has 1 amide bonds. The number of fused-ring (bicyclic) bond motifs is 1. The molecule has 0 bridgehead atoms. The standard InChI is InChI=1S/C24H21N3O2/c1-17-21(20-14-8-9-15-22(20)26-17)16-25-27-23(28)24(29,18-10-4-2-5-11-18)19-12-6-3-7-13-19/h2-16,26,29H,1H3,(H,27,28)/b25-16-. The van der Waals surface area contributed by atoms with Crippen molar-refractivity contribution in [2.45, 2.75) is 12.5 Å². The van der Waals surface area contributed by atoms with Crippen molar-refractivity contribution < 1.29 is 9.90 Å². The van der Waals surface area contributed by atoms with Gasteiger partial charge in [-0.2, -0.15) is 5.10 Å². The molecule has 29 heavy (non-hydrogen) atoms. The molecule has 144 valence electrons. The summed E-state index contributed by atoms with van der Waals surface area (Å²) in [4.78, 5) is 16.4. The van der Waals surface area contributed by atoms with E-state index in [1.807, 2.05) is 43.3 Å². The maximum atomic E-state index is 13.1. The number of carbonyl (C=O) groups is 1. The zero-order chi connectivity index (χ0) is 20.3.